The van der Waals surface area contributed by atoms with Crippen molar-refractivity contribution in [3.63, 3.8) is 0 Å². The zero-order valence-corrected chi connectivity index (χ0v) is 12.1. The fraction of sp³-hybridized carbons (Fsp3) is 0.571. The number of rotatable bonds is 3. The van der Waals surface area contributed by atoms with Crippen molar-refractivity contribution < 1.29 is 19.1 Å². The number of hydrogen-bond acceptors (Lipinski definition) is 4. The van der Waals surface area contributed by atoms with Crippen molar-refractivity contribution in [2.24, 2.45) is 7.05 Å². The Morgan fingerprint density at radius 3 is 2.80 bits per heavy atom. The molecule has 110 valence electrons. The molecular weight excluding hydrogens is 260 g/mol. The number of amides is 1. The van der Waals surface area contributed by atoms with Crippen LogP contribution in [-0.2, 0) is 21.3 Å². The second-order valence-corrected chi connectivity index (χ2v) is 4.94. The van der Waals surface area contributed by atoms with E-state index in [-0.39, 0.29) is 24.4 Å². The van der Waals surface area contributed by atoms with Gasteiger partial charge in [0.05, 0.1) is 26.2 Å². The lowest BCUT2D eigenvalue weighted by Crippen LogP contribution is -2.46. The van der Waals surface area contributed by atoms with Crippen molar-refractivity contribution >= 4 is 11.9 Å². The summed E-state index contributed by atoms with van der Waals surface area (Å²) in [7, 11) is 3.22. The van der Waals surface area contributed by atoms with Gasteiger partial charge in [0.1, 0.15) is 5.69 Å². The maximum absolute atomic E-state index is 12.5. The Morgan fingerprint density at radius 2 is 2.20 bits per heavy atom. The number of carbonyl (C=O) groups is 2. The molecule has 0 radical (unpaired) electrons. The Hall–Kier alpha value is -1.82. The second kappa shape index (κ2) is 6.09. The van der Waals surface area contributed by atoms with Crippen molar-refractivity contribution in [3.8, 4) is 0 Å². The van der Waals surface area contributed by atoms with Gasteiger partial charge < -0.3 is 18.9 Å². The van der Waals surface area contributed by atoms with Crippen molar-refractivity contribution in [2.45, 2.75) is 19.4 Å². The van der Waals surface area contributed by atoms with Crippen molar-refractivity contribution in [1.29, 1.82) is 0 Å². The van der Waals surface area contributed by atoms with E-state index >= 15 is 0 Å². The summed E-state index contributed by atoms with van der Waals surface area (Å²) in [6.07, 6.45) is -0.117. The van der Waals surface area contributed by atoms with Crippen LogP contribution in [0.2, 0.25) is 0 Å². The van der Waals surface area contributed by atoms with Gasteiger partial charge in [-0.15, -0.1) is 0 Å². The zero-order chi connectivity index (χ0) is 14.7. The molecule has 6 heteroatoms. The van der Waals surface area contributed by atoms with Crippen LogP contribution < -0.4 is 0 Å². The van der Waals surface area contributed by atoms with Gasteiger partial charge in [-0.2, -0.15) is 0 Å². The van der Waals surface area contributed by atoms with Crippen LogP contribution in [0.25, 0.3) is 0 Å². The Labute approximate surface area is 118 Å². The van der Waals surface area contributed by atoms with Crippen molar-refractivity contribution in [1.82, 2.24) is 9.47 Å². The first-order valence-corrected chi connectivity index (χ1v) is 6.63. The number of carbonyl (C=O) groups excluding carboxylic acids is 2. The first-order chi connectivity index (χ1) is 9.52. The number of nitrogens with zero attached hydrogens (tertiary/aromatic N) is 2. The molecule has 0 spiro atoms. The van der Waals surface area contributed by atoms with E-state index in [1.54, 1.807) is 4.90 Å². The lowest BCUT2D eigenvalue weighted by molar-refractivity contribution is -0.145. The molecule has 1 aliphatic rings. The standard InChI is InChI=1S/C14H20N2O4/c1-10-4-5-12(15(10)2)14(18)16-6-7-20-11(9-16)8-13(17)19-3/h4-5,11H,6-9H2,1-3H3. The minimum Gasteiger partial charge on any atom is -0.469 e. The molecule has 1 amide bonds. The second-order valence-electron chi connectivity index (χ2n) is 4.94. The van der Waals surface area contributed by atoms with Crippen LogP contribution in [0.1, 0.15) is 22.6 Å². The first-order valence-electron chi connectivity index (χ1n) is 6.63. The minimum absolute atomic E-state index is 0.0289. The average Bonchev–Trinajstić information content (AvgIpc) is 2.78. The van der Waals surface area contributed by atoms with Gasteiger partial charge in [-0.05, 0) is 19.1 Å². The van der Waals surface area contributed by atoms with Gasteiger partial charge in [-0.3, -0.25) is 9.59 Å². The zero-order valence-electron chi connectivity index (χ0n) is 12.1. The highest BCUT2D eigenvalue weighted by Gasteiger charge is 2.28. The molecule has 1 unspecified atom stereocenters. The van der Waals surface area contributed by atoms with E-state index < -0.39 is 0 Å². The maximum Gasteiger partial charge on any atom is 0.308 e. The molecule has 0 aliphatic carbocycles. The third-order valence-corrected chi connectivity index (χ3v) is 3.64. The molecule has 0 saturated carbocycles. The van der Waals surface area contributed by atoms with Crippen LogP contribution in [0.5, 0.6) is 0 Å². The summed E-state index contributed by atoms with van der Waals surface area (Å²) < 4.78 is 12.0. The Balaban J connectivity index is 2.03. The van der Waals surface area contributed by atoms with Gasteiger partial charge in [0.2, 0.25) is 0 Å². The van der Waals surface area contributed by atoms with Gasteiger partial charge in [0.25, 0.3) is 5.91 Å². The molecular formula is C14H20N2O4. The van der Waals surface area contributed by atoms with Crippen LogP contribution in [-0.4, -0.2) is 54.3 Å². The molecule has 20 heavy (non-hydrogen) atoms. The number of aryl methyl sites for hydroxylation is 1. The summed E-state index contributed by atoms with van der Waals surface area (Å²) in [5.41, 5.74) is 1.69. The Kier molecular flexibility index (Phi) is 4.44. The van der Waals surface area contributed by atoms with Gasteiger partial charge >= 0.3 is 5.97 Å². The fourth-order valence-corrected chi connectivity index (χ4v) is 2.29. The number of esters is 1. The van der Waals surface area contributed by atoms with Crippen molar-refractivity contribution in [2.75, 3.05) is 26.8 Å². The molecule has 1 saturated heterocycles. The molecule has 1 atom stereocenters. The lowest BCUT2D eigenvalue weighted by Gasteiger charge is -2.32. The highest BCUT2D eigenvalue weighted by Crippen LogP contribution is 2.14. The molecule has 2 heterocycles. The molecule has 1 fully saturated rings. The number of hydrogen-bond donors (Lipinski definition) is 0. The largest absolute Gasteiger partial charge is 0.469 e. The summed E-state index contributed by atoms with van der Waals surface area (Å²) in [6, 6.07) is 3.74. The molecule has 0 bridgehead atoms. The van der Waals surface area contributed by atoms with Crippen LogP contribution in [0, 0.1) is 6.92 Å². The molecule has 1 aromatic heterocycles. The quantitative estimate of drug-likeness (QED) is 0.766. The van der Waals surface area contributed by atoms with Gasteiger partial charge in [-0.25, -0.2) is 0 Å². The van der Waals surface area contributed by atoms with Crippen LogP contribution in [0.15, 0.2) is 12.1 Å². The van der Waals surface area contributed by atoms with E-state index in [1.165, 1.54) is 7.11 Å². The van der Waals surface area contributed by atoms with Crippen LogP contribution >= 0.6 is 0 Å². The smallest absolute Gasteiger partial charge is 0.308 e. The third kappa shape index (κ3) is 3.01. The molecule has 2 rings (SSSR count). The summed E-state index contributed by atoms with van der Waals surface area (Å²) in [4.78, 5) is 25.5. The molecule has 1 aromatic rings. The van der Waals surface area contributed by atoms with Crippen molar-refractivity contribution in [3.05, 3.63) is 23.5 Å². The topological polar surface area (TPSA) is 60.8 Å². The third-order valence-electron chi connectivity index (χ3n) is 3.64. The lowest BCUT2D eigenvalue weighted by atomic mass is 10.2. The van der Waals surface area contributed by atoms with Crippen LogP contribution in [0.4, 0.5) is 0 Å². The number of ether oxygens (including phenoxy) is 2. The number of morpholine rings is 1. The van der Waals surface area contributed by atoms with Gasteiger partial charge in [0.15, 0.2) is 0 Å². The van der Waals surface area contributed by atoms with Crippen LogP contribution in [0.3, 0.4) is 0 Å². The van der Waals surface area contributed by atoms with Gasteiger partial charge in [0, 0.05) is 25.8 Å². The van der Waals surface area contributed by atoms with E-state index in [1.807, 2.05) is 30.7 Å². The SMILES string of the molecule is COC(=O)CC1CN(C(=O)c2ccc(C)n2C)CCO1. The first kappa shape index (κ1) is 14.6. The van der Waals surface area contributed by atoms with E-state index in [9.17, 15) is 9.59 Å². The normalized spacial score (nSPS) is 18.9. The fourth-order valence-electron chi connectivity index (χ4n) is 2.29. The molecule has 0 aromatic carbocycles. The highest BCUT2D eigenvalue weighted by atomic mass is 16.5. The number of methoxy groups -OCH3 is 1. The summed E-state index contributed by atoms with van der Waals surface area (Å²) >= 11 is 0. The van der Waals surface area contributed by atoms with E-state index in [2.05, 4.69) is 4.74 Å². The average molecular weight is 280 g/mol. The predicted octanol–water partition coefficient (Wildman–Crippen LogP) is 0.738. The Bertz CT molecular complexity index is 509. The predicted molar refractivity (Wildman–Crippen MR) is 72.4 cm³/mol. The Morgan fingerprint density at radius 1 is 1.45 bits per heavy atom. The minimum atomic E-state index is -0.320. The summed E-state index contributed by atoms with van der Waals surface area (Å²) in [6.45, 7) is 3.35. The maximum atomic E-state index is 12.5. The molecule has 1 aliphatic heterocycles. The number of aromatic nitrogens is 1. The van der Waals surface area contributed by atoms with E-state index in [4.69, 9.17) is 4.74 Å². The summed E-state index contributed by atoms with van der Waals surface area (Å²) in [5.74, 6) is -0.349. The molecule has 0 N–H and O–H groups in total. The van der Waals surface area contributed by atoms with Gasteiger partial charge in [-0.1, -0.05) is 0 Å². The highest BCUT2D eigenvalue weighted by molar-refractivity contribution is 5.93. The van der Waals surface area contributed by atoms with E-state index in [0.717, 1.165) is 5.69 Å². The van der Waals surface area contributed by atoms with E-state index in [0.29, 0.717) is 25.4 Å². The monoisotopic (exact) mass is 280 g/mol. The molecule has 6 nitrogen and oxygen atoms in total. The summed E-state index contributed by atoms with van der Waals surface area (Å²) in [5, 5.41) is 0.